The molecule has 0 saturated carbocycles. The van der Waals surface area contributed by atoms with Crippen LogP contribution < -0.4 is 0 Å². The van der Waals surface area contributed by atoms with Crippen LogP contribution in [0.2, 0.25) is 5.02 Å². The molecular weight excluding hydrogens is 438 g/mol. The average Bonchev–Trinajstić information content (AvgIpc) is 3.29. The number of carbonyl (C=O) groups is 3. The summed E-state index contributed by atoms with van der Waals surface area (Å²) in [4.78, 5) is 37.6. The van der Waals surface area contributed by atoms with Crippen LogP contribution >= 0.6 is 23.4 Å². The summed E-state index contributed by atoms with van der Waals surface area (Å²) in [6, 6.07) is 15.2. The number of imide groups is 1. The third kappa shape index (κ3) is 4.42. The number of aryl methyl sites for hydroxylation is 1. The van der Waals surface area contributed by atoms with Crippen molar-refractivity contribution < 1.29 is 23.9 Å². The lowest BCUT2D eigenvalue weighted by Gasteiger charge is -2.12. The van der Waals surface area contributed by atoms with Crippen molar-refractivity contribution in [3.05, 3.63) is 87.0 Å². The quantitative estimate of drug-likeness (QED) is 0.488. The zero-order chi connectivity index (χ0) is 22.1. The average molecular weight is 454 g/mol. The summed E-state index contributed by atoms with van der Waals surface area (Å²) in [5.74, 6) is -0.413. The standard InChI is InChI=1S/C23H16ClNO5S/c1-13-10-15(22(27)28)4-8-18(13)19-9-7-17(30-19)11-20-21(26)25(23(29)31-20)12-14-2-5-16(24)6-3-14/h2-11H,12H2,1H3,(H,27,28)/b20-11-. The Morgan fingerprint density at radius 2 is 1.87 bits per heavy atom. The van der Waals surface area contributed by atoms with Gasteiger partial charge in [0.05, 0.1) is 17.0 Å². The summed E-state index contributed by atoms with van der Waals surface area (Å²) in [7, 11) is 0. The fourth-order valence-corrected chi connectivity index (χ4v) is 4.13. The smallest absolute Gasteiger partial charge is 0.335 e. The van der Waals surface area contributed by atoms with Gasteiger partial charge in [0.2, 0.25) is 0 Å². The molecule has 1 aliphatic heterocycles. The molecule has 2 heterocycles. The van der Waals surface area contributed by atoms with Crippen LogP contribution in [0.3, 0.4) is 0 Å². The highest BCUT2D eigenvalue weighted by molar-refractivity contribution is 8.18. The molecule has 2 amide bonds. The summed E-state index contributed by atoms with van der Waals surface area (Å²) < 4.78 is 5.83. The predicted molar refractivity (Wildman–Crippen MR) is 119 cm³/mol. The number of hydrogen-bond donors (Lipinski definition) is 1. The van der Waals surface area contributed by atoms with Crippen molar-refractivity contribution in [1.29, 1.82) is 0 Å². The molecule has 1 saturated heterocycles. The number of thioether (sulfide) groups is 1. The molecule has 156 valence electrons. The van der Waals surface area contributed by atoms with E-state index in [1.807, 2.05) is 0 Å². The van der Waals surface area contributed by atoms with Crippen molar-refractivity contribution >= 4 is 46.6 Å². The Hall–Kier alpha value is -3.29. The second kappa shape index (κ2) is 8.45. The lowest BCUT2D eigenvalue weighted by Crippen LogP contribution is -2.27. The van der Waals surface area contributed by atoms with Crippen LogP contribution in [0.25, 0.3) is 17.4 Å². The lowest BCUT2D eigenvalue weighted by atomic mass is 10.0. The molecule has 2 aromatic carbocycles. The van der Waals surface area contributed by atoms with Gasteiger partial charge in [0, 0.05) is 16.7 Å². The number of furan rings is 1. The van der Waals surface area contributed by atoms with E-state index in [2.05, 4.69) is 0 Å². The predicted octanol–water partition coefficient (Wildman–Crippen LogP) is 5.84. The molecule has 1 aliphatic rings. The van der Waals surface area contributed by atoms with Gasteiger partial charge in [0.25, 0.3) is 11.1 Å². The Kier molecular flexibility index (Phi) is 5.71. The highest BCUT2D eigenvalue weighted by Crippen LogP contribution is 2.34. The van der Waals surface area contributed by atoms with Gasteiger partial charge in [0.15, 0.2) is 0 Å². The zero-order valence-corrected chi connectivity index (χ0v) is 17.9. The summed E-state index contributed by atoms with van der Waals surface area (Å²) in [6.45, 7) is 1.96. The number of amides is 2. The van der Waals surface area contributed by atoms with Crippen LogP contribution in [0.15, 0.2) is 63.9 Å². The second-order valence-electron chi connectivity index (χ2n) is 6.93. The van der Waals surface area contributed by atoms with Gasteiger partial charge in [-0.15, -0.1) is 0 Å². The lowest BCUT2D eigenvalue weighted by molar-refractivity contribution is -0.123. The molecule has 0 spiro atoms. The van der Waals surface area contributed by atoms with E-state index in [9.17, 15) is 14.4 Å². The van der Waals surface area contributed by atoms with Crippen LogP contribution in [0.1, 0.15) is 27.2 Å². The first-order valence-corrected chi connectivity index (χ1v) is 10.5. The maximum atomic E-state index is 12.7. The van der Waals surface area contributed by atoms with E-state index in [-0.39, 0.29) is 28.2 Å². The Bertz CT molecular complexity index is 1230. The van der Waals surface area contributed by atoms with Crippen molar-refractivity contribution in [3.8, 4) is 11.3 Å². The number of aromatic carboxylic acids is 1. The molecule has 1 fully saturated rings. The monoisotopic (exact) mass is 453 g/mol. The highest BCUT2D eigenvalue weighted by atomic mass is 35.5. The SMILES string of the molecule is Cc1cc(C(=O)O)ccc1-c1ccc(/C=C2\SC(=O)N(Cc3ccc(Cl)cc3)C2=O)o1. The van der Waals surface area contributed by atoms with Crippen LogP contribution in [0.5, 0.6) is 0 Å². The number of halogens is 1. The summed E-state index contributed by atoms with van der Waals surface area (Å²) >= 11 is 6.74. The molecule has 3 aromatic rings. The molecule has 0 aliphatic carbocycles. The van der Waals surface area contributed by atoms with E-state index in [0.717, 1.165) is 28.5 Å². The molecule has 1 N–H and O–H groups in total. The van der Waals surface area contributed by atoms with E-state index in [1.165, 1.54) is 17.0 Å². The number of benzene rings is 2. The first-order valence-electron chi connectivity index (χ1n) is 9.26. The Balaban J connectivity index is 1.54. The normalized spacial score (nSPS) is 15.2. The van der Waals surface area contributed by atoms with Gasteiger partial charge in [-0.05, 0) is 66.2 Å². The minimum atomic E-state index is -0.996. The van der Waals surface area contributed by atoms with Crippen molar-refractivity contribution in [2.45, 2.75) is 13.5 Å². The minimum absolute atomic E-state index is 0.164. The number of carboxylic acids is 1. The number of carbonyl (C=O) groups excluding carboxylic acids is 2. The highest BCUT2D eigenvalue weighted by Gasteiger charge is 2.35. The van der Waals surface area contributed by atoms with Gasteiger partial charge in [0.1, 0.15) is 11.5 Å². The topological polar surface area (TPSA) is 87.8 Å². The number of rotatable bonds is 5. The molecule has 8 heteroatoms. The third-order valence-electron chi connectivity index (χ3n) is 4.77. The Morgan fingerprint density at radius 1 is 1.13 bits per heavy atom. The van der Waals surface area contributed by atoms with Gasteiger partial charge in [-0.3, -0.25) is 14.5 Å². The van der Waals surface area contributed by atoms with Crippen LogP contribution in [-0.2, 0) is 11.3 Å². The molecule has 1 aromatic heterocycles. The molecule has 4 rings (SSSR count). The minimum Gasteiger partial charge on any atom is -0.478 e. The molecule has 0 unspecified atom stereocenters. The van der Waals surface area contributed by atoms with Crippen LogP contribution in [0, 0.1) is 6.92 Å². The van der Waals surface area contributed by atoms with Gasteiger partial charge in [-0.2, -0.15) is 0 Å². The van der Waals surface area contributed by atoms with Gasteiger partial charge in [-0.25, -0.2) is 4.79 Å². The number of carboxylic acid groups (broad SMARTS) is 1. The van der Waals surface area contributed by atoms with E-state index in [0.29, 0.717) is 16.5 Å². The van der Waals surface area contributed by atoms with E-state index >= 15 is 0 Å². The summed E-state index contributed by atoms with van der Waals surface area (Å²) in [6.07, 6.45) is 1.54. The largest absolute Gasteiger partial charge is 0.478 e. The summed E-state index contributed by atoms with van der Waals surface area (Å²) in [5.41, 5.74) is 2.50. The van der Waals surface area contributed by atoms with E-state index < -0.39 is 5.97 Å². The molecule has 31 heavy (non-hydrogen) atoms. The zero-order valence-electron chi connectivity index (χ0n) is 16.3. The third-order valence-corrected chi connectivity index (χ3v) is 5.93. The van der Waals surface area contributed by atoms with E-state index in [4.69, 9.17) is 21.1 Å². The van der Waals surface area contributed by atoms with Gasteiger partial charge < -0.3 is 9.52 Å². The van der Waals surface area contributed by atoms with Gasteiger partial charge in [-0.1, -0.05) is 29.8 Å². The number of nitrogens with zero attached hydrogens (tertiary/aromatic N) is 1. The van der Waals surface area contributed by atoms with Gasteiger partial charge >= 0.3 is 5.97 Å². The summed E-state index contributed by atoms with van der Waals surface area (Å²) in [5, 5.41) is 9.34. The fraction of sp³-hybridized carbons (Fsp3) is 0.0870. The van der Waals surface area contributed by atoms with Crippen molar-refractivity contribution in [1.82, 2.24) is 4.90 Å². The molecule has 0 radical (unpaired) electrons. The first kappa shape index (κ1) is 21.0. The molecular formula is C23H16ClNO5S. The first-order chi connectivity index (χ1) is 14.8. The molecule has 0 atom stereocenters. The maximum Gasteiger partial charge on any atom is 0.335 e. The number of hydrogen-bond acceptors (Lipinski definition) is 5. The Labute approximate surface area is 187 Å². The van der Waals surface area contributed by atoms with Crippen molar-refractivity contribution in [2.24, 2.45) is 0 Å². The Morgan fingerprint density at radius 3 is 2.55 bits per heavy atom. The van der Waals surface area contributed by atoms with Crippen LogP contribution in [0.4, 0.5) is 4.79 Å². The second-order valence-corrected chi connectivity index (χ2v) is 8.36. The fourth-order valence-electron chi connectivity index (χ4n) is 3.19. The van der Waals surface area contributed by atoms with Crippen molar-refractivity contribution in [3.63, 3.8) is 0 Å². The van der Waals surface area contributed by atoms with Crippen molar-refractivity contribution in [2.75, 3.05) is 0 Å². The maximum absolute atomic E-state index is 12.7. The van der Waals surface area contributed by atoms with Crippen LogP contribution in [-0.4, -0.2) is 27.1 Å². The molecule has 6 nitrogen and oxygen atoms in total. The molecule has 0 bridgehead atoms. The van der Waals surface area contributed by atoms with E-state index in [1.54, 1.807) is 55.5 Å².